The number of imidazole rings is 1. The van der Waals surface area contributed by atoms with Gasteiger partial charge in [-0.3, -0.25) is 9.20 Å². The standard InChI is InChI=1S/C26H26F2N6O2/c1-3-14-10-16(4-5-18(14)26(35)33-17-11-15(29)12-17)32-24-25-31-13-20(34(25)9-8-30-24)19-6-7-21(36-2)23(28)22(19)27/h4-10,13,15,17H,3,11-12,29H2,1-2H3,(H,30,32)(H,33,35). The van der Waals surface area contributed by atoms with E-state index in [1.165, 1.54) is 25.4 Å². The van der Waals surface area contributed by atoms with Gasteiger partial charge in [0.1, 0.15) is 0 Å². The second-order valence-electron chi connectivity index (χ2n) is 8.81. The summed E-state index contributed by atoms with van der Waals surface area (Å²) in [6.07, 6.45) is 6.88. The Balaban J connectivity index is 1.43. The summed E-state index contributed by atoms with van der Waals surface area (Å²) in [5.74, 6) is -1.93. The van der Waals surface area contributed by atoms with E-state index in [1.54, 1.807) is 28.9 Å². The van der Waals surface area contributed by atoms with Crippen LogP contribution in [-0.4, -0.2) is 39.5 Å². The number of aryl methyl sites for hydroxylation is 1. The van der Waals surface area contributed by atoms with Gasteiger partial charge in [-0.15, -0.1) is 0 Å². The lowest BCUT2D eigenvalue weighted by Gasteiger charge is -2.33. The molecule has 0 unspecified atom stereocenters. The number of aromatic nitrogens is 3. The molecule has 0 atom stereocenters. The van der Waals surface area contributed by atoms with Gasteiger partial charge in [0.2, 0.25) is 5.82 Å². The molecule has 10 heteroatoms. The lowest BCUT2D eigenvalue weighted by molar-refractivity contribution is 0.0909. The van der Waals surface area contributed by atoms with Crippen molar-refractivity contribution in [3.8, 4) is 17.0 Å². The van der Waals surface area contributed by atoms with Crippen molar-refractivity contribution in [2.45, 2.75) is 38.3 Å². The Hall–Kier alpha value is -4.05. The zero-order valence-electron chi connectivity index (χ0n) is 19.9. The first-order chi connectivity index (χ1) is 17.4. The third-order valence-corrected chi connectivity index (χ3v) is 6.47. The number of hydrogen-bond acceptors (Lipinski definition) is 6. The van der Waals surface area contributed by atoms with Crippen LogP contribution in [0.3, 0.4) is 0 Å². The van der Waals surface area contributed by atoms with Crippen molar-refractivity contribution in [2.24, 2.45) is 5.73 Å². The minimum Gasteiger partial charge on any atom is -0.494 e. The maximum absolute atomic E-state index is 14.7. The summed E-state index contributed by atoms with van der Waals surface area (Å²) in [5, 5.41) is 6.27. The molecule has 8 nitrogen and oxygen atoms in total. The summed E-state index contributed by atoms with van der Waals surface area (Å²) in [7, 11) is 1.28. The molecule has 2 aromatic heterocycles. The predicted octanol–water partition coefficient (Wildman–Crippen LogP) is 4.21. The highest BCUT2D eigenvalue weighted by Crippen LogP contribution is 2.31. The molecule has 186 valence electrons. The molecule has 1 fully saturated rings. The van der Waals surface area contributed by atoms with E-state index in [0.29, 0.717) is 29.1 Å². The number of nitrogens with zero attached hydrogens (tertiary/aromatic N) is 3. The van der Waals surface area contributed by atoms with Crippen LogP contribution < -0.4 is 21.1 Å². The van der Waals surface area contributed by atoms with Gasteiger partial charge in [0.05, 0.1) is 19.0 Å². The van der Waals surface area contributed by atoms with Gasteiger partial charge in [0.15, 0.2) is 23.0 Å². The van der Waals surface area contributed by atoms with Crippen LogP contribution in [0.1, 0.15) is 35.7 Å². The molecule has 5 rings (SSSR count). The lowest BCUT2D eigenvalue weighted by atomic mass is 9.87. The SMILES string of the molecule is CCc1cc(Nc2nccn3c(-c4ccc(OC)c(F)c4F)cnc23)ccc1C(=O)NC1CC(N)C1. The van der Waals surface area contributed by atoms with Gasteiger partial charge in [-0.25, -0.2) is 14.4 Å². The number of carbonyl (C=O) groups is 1. The highest BCUT2D eigenvalue weighted by Gasteiger charge is 2.28. The molecule has 1 aliphatic rings. The highest BCUT2D eigenvalue weighted by molar-refractivity contribution is 5.96. The summed E-state index contributed by atoms with van der Waals surface area (Å²) in [6.45, 7) is 1.98. The number of ether oxygens (including phenoxy) is 1. The first-order valence-electron chi connectivity index (χ1n) is 11.7. The average Bonchev–Trinajstić information content (AvgIpc) is 3.29. The number of rotatable bonds is 7. The molecule has 0 bridgehead atoms. The molecular formula is C26H26F2N6O2. The fraction of sp³-hybridized carbons (Fsp3) is 0.269. The van der Waals surface area contributed by atoms with Crippen molar-refractivity contribution in [2.75, 3.05) is 12.4 Å². The van der Waals surface area contributed by atoms with Crippen LogP contribution in [0.4, 0.5) is 20.3 Å². The van der Waals surface area contributed by atoms with Crippen LogP contribution in [0.15, 0.2) is 48.9 Å². The third-order valence-electron chi connectivity index (χ3n) is 6.47. The fourth-order valence-corrected chi connectivity index (χ4v) is 4.46. The minimum atomic E-state index is -1.06. The van der Waals surface area contributed by atoms with E-state index in [1.807, 2.05) is 13.0 Å². The van der Waals surface area contributed by atoms with Gasteiger partial charge < -0.3 is 21.1 Å². The third kappa shape index (κ3) is 4.24. The number of nitrogens with two attached hydrogens (primary N) is 1. The molecular weight excluding hydrogens is 466 g/mol. The van der Waals surface area contributed by atoms with Gasteiger partial charge >= 0.3 is 0 Å². The Morgan fingerprint density at radius 3 is 2.72 bits per heavy atom. The maximum atomic E-state index is 14.7. The van der Waals surface area contributed by atoms with E-state index in [-0.39, 0.29) is 29.3 Å². The van der Waals surface area contributed by atoms with Crippen molar-refractivity contribution < 1.29 is 18.3 Å². The first-order valence-corrected chi connectivity index (χ1v) is 11.7. The van der Waals surface area contributed by atoms with E-state index in [4.69, 9.17) is 10.5 Å². The van der Waals surface area contributed by atoms with Crippen LogP contribution >= 0.6 is 0 Å². The van der Waals surface area contributed by atoms with Crippen LogP contribution in [0.5, 0.6) is 5.75 Å². The number of anilines is 2. The molecule has 2 aromatic carbocycles. The number of hydrogen-bond donors (Lipinski definition) is 3. The maximum Gasteiger partial charge on any atom is 0.251 e. The van der Waals surface area contributed by atoms with Crippen molar-refractivity contribution in [1.29, 1.82) is 0 Å². The van der Waals surface area contributed by atoms with Gasteiger partial charge in [-0.1, -0.05) is 6.92 Å². The van der Waals surface area contributed by atoms with Gasteiger partial charge in [-0.2, -0.15) is 4.39 Å². The highest BCUT2D eigenvalue weighted by atomic mass is 19.2. The number of carbonyl (C=O) groups excluding carboxylic acids is 1. The Morgan fingerprint density at radius 1 is 1.19 bits per heavy atom. The molecule has 2 heterocycles. The van der Waals surface area contributed by atoms with Crippen LogP contribution in [-0.2, 0) is 6.42 Å². The summed E-state index contributed by atoms with van der Waals surface area (Å²) in [4.78, 5) is 21.5. The van der Waals surface area contributed by atoms with E-state index in [0.717, 1.165) is 24.1 Å². The smallest absolute Gasteiger partial charge is 0.251 e. The Labute approximate surface area is 206 Å². The molecule has 0 spiro atoms. The summed E-state index contributed by atoms with van der Waals surface area (Å²) in [5.41, 5.74) is 8.90. The lowest BCUT2D eigenvalue weighted by Crippen LogP contribution is -2.50. The normalized spacial score (nSPS) is 17.0. The molecule has 36 heavy (non-hydrogen) atoms. The quantitative estimate of drug-likeness (QED) is 0.357. The molecule has 1 saturated carbocycles. The Morgan fingerprint density at radius 2 is 2.00 bits per heavy atom. The predicted molar refractivity (Wildman–Crippen MR) is 132 cm³/mol. The first kappa shape index (κ1) is 23.7. The second-order valence-corrected chi connectivity index (χ2v) is 8.81. The molecule has 4 aromatic rings. The number of methoxy groups -OCH3 is 1. The fourth-order valence-electron chi connectivity index (χ4n) is 4.46. The molecule has 1 aliphatic carbocycles. The largest absolute Gasteiger partial charge is 0.494 e. The summed E-state index contributed by atoms with van der Waals surface area (Å²) >= 11 is 0. The van der Waals surface area contributed by atoms with Crippen molar-refractivity contribution in [1.82, 2.24) is 19.7 Å². The van der Waals surface area contributed by atoms with Crippen LogP contribution in [0, 0.1) is 11.6 Å². The van der Waals surface area contributed by atoms with Gasteiger partial charge in [0, 0.05) is 41.3 Å². The molecule has 1 amide bonds. The van der Waals surface area contributed by atoms with Crippen LogP contribution in [0.2, 0.25) is 0 Å². The number of amides is 1. The minimum absolute atomic E-state index is 0.0500. The van der Waals surface area contributed by atoms with Gasteiger partial charge in [0.25, 0.3) is 5.91 Å². The number of benzene rings is 2. The number of fused-ring (bicyclic) bond motifs is 1. The molecule has 0 saturated heterocycles. The van der Waals surface area contributed by atoms with E-state index in [9.17, 15) is 13.6 Å². The van der Waals surface area contributed by atoms with E-state index < -0.39 is 11.6 Å². The van der Waals surface area contributed by atoms with Crippen molar-refractivity contribution >= 4 is 23.1 Å². The molecule has 0 radical (unpaired) electrons. The summed E-state index contributed by atoms with van der Waals surface area (Å²) < 4.78 is 35.5. The topological polar surface area (TPSA) is 107 Å². The van der Waals surface area contributed by atoms with E-state index in [2.05, 4.69) is 20.6 Å². The second kappa shape index (κ2) is 9.54. The number of halogens is 2. The molecule has 4 N–H and O–H groups in total. The van der Waals surface area contributed by atoms with Gasteiger partial charge in [-0.05, 0) is 55.2 Å². The molecule has 0 aliphatic heterocycles. The monoisotopic (exact) mass is 492 g/mol. The van der Waals surface area contributed by atoms with E-state index >= 15 is 0 Å². The average molecular weight is 493 g/mol. The number of nitrogens with one attached hydrogen (secondary N) is 2. The zero-order valence-corrected chi connectivity index (χ0v) is 19.9. The summed E-state index contributed by atoms with van der Waals surface area (Å²) in [6, 6.07) is 8.58. The Kier molecular flexibility index (Phi) is 6.27. The Bertz CT molecular complexity index is 1450. The zero-order chi connectivity index (χ0) is 25.4. The van der Waals surface area contributed by atoms with Crippen molar-refractivity contribution in [3.63, 3.8) is 0 Å². The van der Waals surface area contributed by atoms with Crippen molar-refractivity contribution in [3.05, 3.63) is 71.7 Å². The van der Waals surface area contributed by atoms with Crippen LogP contribution in [0.25, 0.3) is 16.9 Å².